The van der Waals surface area contributed by atoms with Crippen molar-refractivity contribution in [3.8, 4) is 11.5 Å². The first-order valence-corrected chi connectivity index (χ1v) is 12.5. The van der Waals surface area contributed by atoms with Gasteiger partial charge in [-0.1, -0.05) is 58.3 Å². The summed E-state index contributed by atoms with van der Waals surface area (Å²) in [7, 11) is 4.68. The van der Waals surface area contributed by atoms with E-state index < -0.39 is 0 Å². The summed E-state index contributed by atoms with van der Waals surface area (Å²) < 4.78 is 13.0. The van der Waals surface area contributed by atoms with Gasteiger partial charge in [0.05, 0.1) is 32.8 Å². The van der Waals surface area contributed by atoms with Crippen molar-refractivity contribution in [2.24, 2.45) is 0 Å². The molecular weight excluding hydrogens is 370 g/mol. The highest BCUT2D eigenvalue weighted by Crippen LogP contribution is 2.29. The average molecular weight is 421 g/mol. The molecule has 0 aromatic heterocycles. The monoisotopic (exact) mass is 420 g/mol. The summed E-state index contributed by atoms with van der Waals surface area (Å²) in [6.07, 6.45) is 14.2. The summed E-state index contributed by atoms with van der Waals surface area (Å²) in [5.41, 5.74) is 1.27. The van der Waals surface area contributed by atoms with Gasteiger partial charge in [-0.2, -0.15) is 0 Å². The molecule has 1 aromatic rings. The van der Waals surface area contributed by atoms with Crippen molar-refractivity contribution in [1.29, 1.82) is 0 Å². The van der Waals surface area contributed by atoms with Gasteiger partial charge in [-0.05, 0) is 52.7 Å². The molecule has 0 saturated heterocycles. The van der Waals surface area contributed by atoms with Gasteiger partial charge in [0.15, 0.2) is 0 Å². The highest BCUT2D eigenvalue weighted by atomic mass is 16.5. The zero-order chi connectivity index (χ0) is 22.4. The Labute approximate surface area is 187 Å². The molecule has 0 radical (unpaired) electrons. The Hall–Kier alpha value is -1.22. The number of hydrogen-bond donors (Lipinski definition) is 0. The molecule has 0 aliphatic carbocycles. The van der Waals surface area contributed by atoms with Crippen molar-refractivity contribution in [3.63, 3.8) is 0 Å². The van der Waals surface area contributed by atoms with Crippen molar-refractivity contribution in [2.75, 3.05) is 20.6 Å². The molecule has 0 amide bonds. The van der Waals surface area contributed by atoms with Gasteiger partial charge >= 0.3 is 0 Å². The predicted molar refractivity (Wildman–Crippen MR) is 130 cm³/mol. The summed E-state index contributed by atoms with van der Waals surface area (Å²) in [6, 6.07) is 6.34. The third kappa shape index (κ3) is 12.5. The predicted octanol–water partition coefficient (Wildman–Crippen LogP) is 7.76. The van der Waals surface area contributed by atoms with E-state index in [4.69, 9.17) is 9.47 Å². The molecule has 0 heterocycles. The molecule has 0 bridgehead atoms. The van der Waals surface area contributed by atoms with E-state index in [0.717, 1.165) is 22.5 Å². The summed E-state index contributed by atoms with van der Waals surface area (Å²) in [5, 5.41) is 0. The molecule has 1 rings (SSSR count). The fraction of sp³-hybridized carbons (Fsp3) is 0.778. The van der Waals surface area contributed by atoms with Crippen molar-refractivity contribution in [3.05, 3.63) is 23.8 Å². The number of benzene rings is 1. The van der Waals surface area contributed by atoms with E-state index in [1.54, 1.807) is 0 Å². The van der Waals surface area contributed by atoms with Crippen molar-refractivity contribution in [1.82, 2.24) is 0 Å². The van der Waals surface area contributed by atoms with Gasteiger partial charge in [0.2, 0.25) is 0 Å². The van der Waals surface area contributed by atoms with Crippen LogP contribution in [0.3, 0.4) is 0 Å². The lowest BCUT2D eigenvalue weighted by Gasteiger charge is -2.31. The Bertz CT molecular complexity index is 566. The maximum Gasteiger partial charge on any atom is 0.132 e. The summed E-state index contributed by atoms with van der Waals surface area (Å²) in [6.45, 7) is 12.8. The molecule has 30 heavy (non-hydrogen) atoms. The molecule has 3 heteroatoms. The Kier molecular flexibility index (Phi) is 13.2. The van der Waals surface area contributed by atoms with Crippen LogP contribution in [0.5, 0.6) is 11.5 Å². The molecule has 0 spiro atoms. The maximum atomic E-state index is 6.13. The van der Waals surface area contributed by atoms with Gasteiger partial charge in [0.25, 0.3) is 0 Å². The van der Waals surface area contributed by atoms with Crippen LogP contribution in [0.4, 0.5) is 0 Å². The van der Waals surface area contributed by atoms with Gasteiger partial charge in [0.1, 0.15) is 18.0 Å². The van der Waals surface area contributed by atoms with Crippen molar-refractivity contribution in [2.45, 2.75) is 118 Å². The molecule has 0 fully saturated rings. The molecule has 0 saturated carbocycles. The lowest BCUT2D eigenvalue weighted by atomic mass is 10.1. The molecular formula is C27H50NO2+. The smallest absolute Gasteiger partial charge is 0.132 e. The van der Waals surface area contributed by atoms with E-state index in [2.05, 4.69) is 66.9 Å². The van der Waals surface area contributed by atoms with E-state index in [1.165, 1.54) is 76.3 Å². The Balaban J connectivity index is 2.44. The largest absolute Gasteiger partial charge is 0.491 e. The standard InChI is InChI=1S/C27H50NO2/c1-8-9-10-11-12-13-14-15-16-17-20-28(6,7)22-25-18-19-26(29-23(2)3)21-27(25)30-24(4)5/h18-19,21,23-24H,8-17,20,22H2,1-7H3/q+1. The van der Waals surface area contributed by atoms with E-state index in [0.29, 0.717) is 0 Å². The lowest BCUT2D eigenvalue weighted by molar-refractivity contribution is -0.903. The zero-order valence-electron chi connectivity index (χ0n) is 21.1. The van der Waals surface area contributed by atoms with Gasteiger partial charge in [-0.3, -0.25) is 0 Å². The number of ether oxygens (including phenoxy) is 2. The quantitative estimate of drug-likeness (QED) is 0.189. The lowest BCUT2D eigenvalue weighted by Crippen LogP contribution is -2.39. The minimum Gasteiger partial charge on any atom is -0.491 e. The van der Waals surface area contributed by atoms with E-state index in [-0.39, 0.29) is 12.2 Å². The van der Waals surface area contributed by atoms with Gasteiger partial charge in [-0.15, -0.1) is 0 Å². The molecule has 174 valence electrons. The summed E-state index contributed by atoms with van der Waals surface area (Å²) in [5.74, 6) is 1.86. The minimum atomic E-state index is 0.163. The molecule has 0 unspecified atom stereocenters. The maximum absolute atomic E-state index is 6.13. The van der Waals surface area contributed by atoms with Crippen molar-refractivity contribution >= 4 is 0 Å². The first-order chi connectivity index (χ1) is 14.2. The molecule has 3 nitrogen and oxygen atoms in total. The second kappa shape index (κ2) is 14.7. The van der Waals surface area contributed by atoms with Crippen molar-refractivity contribution < 1.29 is 14.0 Å². The Morgan fingerprint density at radius 3 is 1.80 bits per heavy atom. The highest BCUT2D eigenvalue weighted by molar-refractivity contribution is 5.40. The zero-order valence-corrected chi connectivity index (χ0v) is 21.1. The highest BCUT2D eigenvalue weighted by Gasteiger charge is 2.19. The van der Waals surface area contributed by atoms with Gasteiger partial charge in [0, 0.05) is 11.6 Å². The second-order valence-electron chi connectivity index (χ2n) is 10.1. The number of rotatable bonds is 17. The third-order valence-corrected chi connectivity index (χ3v) is 5.49. The third-order valence-electron chi connectivity index (χ3n) is 5.49. The van der Waals surface area contributed by atoms with Crippen LogP contribution in [-0.4, -0.2) is 37.3 Å². The van der Waals surface area contributed by atoms with Gasteiger partial charge in [-0.25, -0.2) is 0 Å². The van der Waals surface area contributed by atoms with Crippen LogP contribution in [0.2, 0.25) is 0 Å². The summed E-state index contributed by atoms with van der Waals surface area (Å²) >= 11 is 0. The Morgan fingerprint density at radius 1 is 0.733 bits per heavy atom. The molecule has 0 aliphatic heterocycles. The molecule has 0 atom stereocenters. The topological polar surface area (TPSA) is 18.5 Å². The normalized spacial score (nSPS) is 12.0. The fourth-order valence-corrected chi connectivity index (χ4v) is 3.94. The first kappa shape index (κ1) is 26.8. The fourth-order valence-electron chi connectivity index (χ4n) is 3.94. The number of quaternary nitrogens is 1. The first-order valence-electron chi connectivity index (χ1n) is 12.5. The number of nitrogens with zero attached hydrogens (tertiary/aromatic N) is 1. The Morgan fingerprint density at radius 2 is 1.27 bits per heavy atom. The second-order valence-corrected chi connectivity index (χ2v) is 10.1. The molecule has 0 N–H and O–H groups in total. The number of hydrogen-bond acceptors (Lipinski definition) is 2. The van der Waals surface area contributed by atoms with Crippen LogP contribution in [0.15, 0.2) is 18.2 Å². The van der Waals surface area contributed by atoms with Crippen LogP contribution >= 0.6 is 0 Å². The number of unbranched alkanes of at least 4 members (excludes halogenated alkanes) is 9. The van der Waals surface area contributed by atoms with Crippen LogP contribution in [0.25, 0.3) is 0 Å². The summed E-state index contributed by atoms with van der Waals surface area (Å²) in [4.78, 5) is 0. The van der Waals surface area contributed by atoms with Crippen LogP contribution in [-0.2, 0) is 6.54 Å². The molecule has 0 aliphatic rings. The van der Waals surface area contributed by atoms with E-state index in [1.807, 2.05) is 0 Å². The minimum absolute atomic E-state index is 0.163. The SMILES string of the molecule is CCCCCCCCCCCC[N+](C)(C)Cc1ccc(OC(C)C)cc1OC(C)C. The van der Waals surface area contributed by atoms with E-state index >= 15 is 0 Å². The average Bonchev–Trinajstić information content (AvgIpc) is 2.64. The van der Waals surface area contributed by atoms with Gasteiger partial charge < -0.3 is 14.0 Å². The van der Waals surface area contributed by atoms with E-state index in [9.17, 15) is 0 Å². The van der Waals surface area contributed by atoms with Crippen LogP contribution in [0.1, 0.15) is 104 Å². The van der Waals surface area contributed by atoms with Crippen LogP contribution in [0, 0.1) is 0 Å². The molecule has 1 aromatic carbocycles. The van der Waals surface area contributed by atoms with Crippen LogP contribution < -0.4 is 9.47 Å².